The Morgan fingerprint density at radius 1 is 1.23 bits per heavy atom. The largest absolute Gasteiger partial charge is 0.381 e. The maximum Gasteiger partial charge on any atom is 0.259 e. The summed E-state index contributed by atoms with van der Waals surface area (Å²) in [5.41, 5.74) is 10.7. The number of pyridine rings is 1. The van der Waals surface area contributed by atoms with E-state index < -0.39 is 0 Å². The highest BCUT2D eigenvalue weighted by molar-refractivity contribution is 6.03. The first-order valence-electron chi connectivity index (χ1n) is 11.3. The van der Waals surface area contributed by atoms with Crippen LogP contribution in [0.25, 0.3) is 22.2 Å². The van der Waals surface area contributed by atoms with Gasteiger partial charge in [0.1, 0.15) is 11.4 Å². The van der Waals surface area contributed by atoms with Gasteiger partial charge in [-0.15, -0.1) is 12.5 Å². The van der Waals surface area contributed by atoms with Gasteiger partial charge in [0.15, 0.2) is 5.82 Å². The molecule has 4 rings (SSSR count). The molecule has 1 unspecified atom stereocenters. The maximum atomic E-state index is 13.3. The Bertz CT molecular complexity index is 1460. The number of para-hydroxylation sites is 1. The van der Waals surface area contributed by atoms with Gasteiger partial charge in [-0.25, -0.2) is 4.98 Å². The molecule has 0 aliphatic heterocycles. The molecule has 0 saturated carbocycles. The summed E-state index contributed by atoms with van der Waals surface area (Å²) in [6.07, 6.45) is 1.71. The van der Waals surface area contributed by atoms with Crippen molar-refractivity contribution in [2.45, 2.75) is 19.9 Å². The van der Waals surface area contributed by atoms with Crippen molar-refractivity contribution in [3.05, 3.63) is 83.9 Å². The average molecular weight is 465 g/mol. The Kier molecular flexibility index (Phi) is 6.83. The van der Waals surface area contributed by atoms with Crippen molar-refractivity contribution in [1.29, 1.82) is 0 Å². The number of amides is 1. The van der Waals surface area contributed by atoms with Gasteiger partial charge >= 0.3 is 0 Å². The minimum absolute atomic E-state index is 0.159. The van der Waals surface area contributed by atoms with E-state index in [0.29, 0.717) is 17.9 Å². The first-order chi connectivity index (χ1) is 16.9. The molecular formula is C28H28N6O. The minimum Gasteiger partial charge on any atom is -0.381 e. The highest BCUT2D eigenvalue weighted by Crippen LogP contribution is 2.32. The summed E-state index contributed by atoms with van der Waals surface area (Å²) in [7, 11) is 1.74. The van der Waals surface area contributed by atoms with Crippen molar-refractivity contribution in [2.75, 3.05) is 17.6 Å². The predicted octanol–water partition coefficient (Wildman–Crippen LogP) is 4.68. The van der Waals surface area contributed by atoms with Crippen LogP contribution >= 0.6 is 0 Å². The molecule has 7 heteroatoms. The summed E-state index contributed by atoms with van der Waals surface area (Å²) in [5.74, 6) is 6.48. The Labute approximate surface area is 205 Å². The number of aromatic nitrogens is 3. The molecule has 1 atom stereocenters. The Morgan fingerprint density at radius 3 is 2.71 bits per heavy atom. The van der Waals surface area contributed by atoms with E-state index in [1.165, 1.54) is 0 Å². The molecule has 0 spiro atoms. The number of aryl methyl sites for hydroxylation is 1. The van der Waals surface area contributed by atoms with E-state index in [2.05, 4.69) is 40.2 Å². The molecule has 0 fully saturated rings. The van der Waals surface area contributed by atoms with Crippen LogP contribution in [0, 0.1) is 11.8 Å². The van der Waals surface area contributed by atoms with Gasteiger partial charge in [-0.2, -0.15) is 5.10 Å². The molecule has 2 aromatic carbocycles. The number of fused-ring (bicyclic) bond motifs is 1. The quantitative estimate of drug-likeness (QED) is 0.273. The number of hydrogen-bond acceptors (Lipinski definition) is 5. The van der Waals surface area contributed by atoms with Gasteiger partial charge < -0.3 is 16.4 Å². The topological polar surface area (TPSA) is 97.9 Å². The van der Waals surface area contributed by atoms with Crippen LogP contribution in [0.3, 0.4) is 0 Å². The number of carbonyl (C=O) groups is 1. The second-order valence-corrected chi connectivity index (χ2v) is 8.14. The van der Waals surface area contributed by atoms with Crippen molar-refractivity contribution in [1.82, 2.24) is 20.1 Å². The van der Waals surface area contributed by atoms with E-state index in [-0.39, 0.29) is 17.8 Å². The van der Waals surface area contributed by atoms with Crippen LogP contribution in [0.5, 0.6) is 0 Å². The molecule has 35 heavy (non-hydrogen) atoms. The number of rotatable bonds is 7. The van der Waals surface area contributed by atoms with Crippen LogP contribution in [0.1, 0.15) is 41.4 Å². The number of nitrogen functional groups attached to an aromatic ring is 1. The zero-order valence-corrected chi connectivity index (χ0v) is 20.1. The van der Waals surface area contributed by atoms with Crippen molar-refractivity contribution in [3.8, 4) is 23.1 Å². The van der Waals surface area contributed by atoms with Gasteiger partial charge in [0.2, 0.25) is 0 Å². The Hall–Kier alpha value is -4.57. The number of carbonyl (C=O) groups excluding carboxylic acids is 1. The van der Waals surface area contributed by atoms with Crippen molar-refractivity contribution >= 4 is 28.4 Å². The molecular weight excluding hydrogens is 436 g/mol. The van der Waals surface area contributed by atoms with Gasteiger partial charge in [-0.1, -0.05) is 54.5 Å². The summed E-state index contributed by atoms with van der Waals surface area (Å²) < 4.78 is 1.56. The van der Waals surface area contributed by atoms with E-state index in [0.717, 1.165) is 33.3 Å². The number of benzene rings is 2. The lowest BCUT2D eigenvalue weighted by molar-refractivity contribution is 0.0941. The predicted molar refractivity (Wildman–Crippen MR) is 142 cm³/mol. The molecule has 176 valence electrons. The fraction of sp³-hybridized carbons (Fsp3) is 0.179. The second kappa shape index (κ2) is 10.1. The zero-order valence-electron chi connectivity index (χ0n) is 20.1. The first-order valence-corrected chi connectivity index (χ1v) is 11.3. The van der Waals surface area contributed by atoms with E-state index >= 15 is 0 Å². The summed E-state index contributed by atoms with van der Waals surface area (Å²) in [4.78, 5) is 18.4. The number of anilines is 2. The highest BCUT2D eigenvalue weighted by Gasteiger charge is 2.24. The molecule has 2 aromatic heterocycles. The molecule has 4 N–H and O–H groups in total. The van der Waals surface area contributed by atoms with Crippen molar-refractivity contribution in [2.24, 2.45) is 7.05 Å². The molecule has 0 aliphatic rings. The fourth-order valence-electron chi connectivity index (χ4n) is 4.09. The highest BCUT2D eigenvalue weighted by atomic mass is 16.1. The lowest BCUT2D eigenvalue weighted by atomic mass is 9.97. The van der Waals surface area contributed by atoms with Gasteiger partial charge in [0, 0.05) is 30.1 Å². The molecule has 0 aliphatic carbocycles. The van der Waals surface area contributed by atoms with Crippen LogP contribution in [0.2, 0.25) is 0 Å². The van der Waals surface area contributed by atoms with Crippen LogP contribution < -0.4 is 16.4 Å². The van der Waals surface area contributed by atoms with Crippen molar-refractivity contribution in [3.63, 3.8) is 0 Å². The van der Waals surface area contributed by atoms with Crippen LogP contribution in [-0.2, 0) is 7.05 Å². The number of nitrogens with zero attached hydrogens (tertiary/aromatic N) is 3. The van der Waals surface area contributed by atoms with Gasteiger partial charge in [0.05, 0.1) is 22.8 Å². The van der Waals surface area contributed by atoms with Crippen LogP contribution in [-0.4, -0.2) is 27.2 Å². The molecule has 2 heterocycles. The number of nitrogens with two attached hydrogens (primary N) is 1. The maximum absolute atomic E-state index is 13.3. The van der Waals surface area contributed by atoms with E-state index in [4.69, 9.17) is 10.7 Å². The van der Waals surface area contributed by atoms with E-state index in [1.54, 1.807) is 17.8 Å². The smallest absolute Gasteiger partial charge is 0.259 e. The third-order valence-corrected chi connectivity index (χ3v) is 5.71. The van der Waals surface area contributed by atoms with Gasteiger partial charge in [-0.05, 0) is 26.0 Å². The SMILES string of the molecule is C=CCNc1c(C(=O)NC(C)c2cc3cccc(C#CC)c3nc2-c2ccccc2)c(N)nn1C. The normalized spacial score (nSPS) is 11.4. The summed E-state index contributed by atoms with van der Waals surface area (Å²) in [6.45, 7) is 7.94. The molecule has 0 bridgehead atoms. The van der Waals surface area contributed by atoms with Gasteiger partial charge in [-0.3, -0.25) is 9.48 Å². The Balaban J connectivity index is 1.78. The average Bonchev–Trinajstić information content (AvgIpc) is 3.15. The molecule has 0 radical (unpaired) electrons. The fourth-order valence-corrected chi connectivity index (χ4v) is 4.09. The number of hydrogen-bond donors (Lipinski definition) is 3. The van der Waals surface area contributed by atoms with Crippen LogP contribution in [0.15, 0.2) is 67.3 Å². The standard InChI is InChI=1S/C28H28N6O/c1-5-11-19-14-10-15-21-17-22(25(32-24(19)21)20-12-8-7-9-13-20)18(3)31-28(35)23-26(29)33-34(4)27(23)30-16-6-2/h6-10,12-15,17-18,30H,2,16H2,1,3-4H3,(H2,29,33)(H,31,35). The van der Waals surface area contributed by atoms with Crippen LogP contribution in [0.4, 0.5) is 11.6 Å². The lowest BCUT2D eigenvalue weighted by Crippen LogP contribution is -2.28. The Morgan fingerprint density at radius 2 is 2.00 bits per heavy atom. The molecule has 4 aromatic rings. The molecule has 1 amide bonds. The summed E-state index contributed by atoms with van der Waals surface area (Å²) in [5, 5.41) is 11.4. The monoisotopic (exact) mass is 464 g/mol. The lowest BCUT2D eigenvalue weighted by Gasteiger charge is -2.19. The molecule has 7 nitrogen and oxygen atoms in total. The first kappa shape index (κ1) is 23.6. The second-order valence-electron chi connectivity index (χ2n) is 8.14. The van der Waals surface area contributed by atoms with E-state index in [9.17, 15) is 4.79 Å². The third kappa shape index (κ3) is 4.73. The zero-order chi connectivity index (χ0) is 24.9. The number of nitrogens with one attached hydrogen (secondary N) is 2. The minimum atomic E-state index is -0.359. The summed E-state index contributed by atoms with van der Waals surface area (Å²) in [6, 6.07) is 17.6. The third-order valence-electron chi connectivity index (χ3n) is 5.71. The van der Waals surface area contributed by atoms with E-state index in [1.807, 2.05) is 62.4 Å². The summed E-state index contributed by atoms with van der Waals surface area (Å²) >= 11 is 0. The molecule has 0 saturated heterocycles. The van der Waals surface area contributed by atoms with Gasteiger partial charge in [0.25, 0.3) is 5.91 Å². The van der Waals surface area contributed by atoms with Crippen molar-refractivity contribution < 1.29 is 4.79 Å².